The van der Waals surface area contributed by atoms with Crippen molar-refractivity contribution < 1.29 is 14.3 Å². The molecular weight excluding hydrogens is 334 g/mol. The van der Waals surface area contributed by atoms with Gasteiger partial charge >= 0.3 is 0 Å². The molecule has 1 saturated heterocycles. The second-order valence-corrected chi connectivity index (χ2v) is 5.74. The van der Waals surface area contributed by atoms with E-state index in [0.717, 1.165) is 13.1 Å². The van der Waals surface area contributed by atoms with Gasteiger partial charge in [0.05, 0.1) is 13.2 Å². The number of anilines is 1. The van der Waals surface area contributed by atoms with Gasteiger partial charge in [0.15, 0.2) is 0 Å². The normalized spacial score (nSPS) is 13.9. The fourth-order valence-electron chi connectivity index (χ4n) is 2.57. The van der Waals surface area contributed by atoms with E-state index >= 15 is 0 Å². The van der Waals surface area contributed by atoms with Gasteiger partial charge in [-0.05, 0) is 12.1 Å². The maximum Gasteiger partial charge on any atom is 0.270 e. The number of hydrogen-bond acceptors (Lipinski definition) is 6. The van der Waals surface area contributed by atoms with Crippen LogP contribution in [0.2, 0.25) is 0 Å². The van der Waals surface area contributed by atoms with E-state index in [9.17, 15) is 9.59 Å². The molecule has 1 fully saturated rings. The number of amides is 2. The summed E-state index contributed by atoms with van der Waals surface area (Å²) in [5.74, 6) is 0.248. The Bertz CT molecular complexity index is 748. The molecule has 0 aliphatic carbocycles. The molecule has 2 aromatic rings. The first-order chi connectivity index (χ1) is 12.7. The van der Waals surface area contributed by atoms with Crippen molar-refractivity contribution >= 4 is 17.6 Å². The largest absolute Gasteiger partial charge is 0.378 e. The van der Waals surface area contributed by atoms with Crippen molar-refractivity contribution in [1.29, 1.82) is 0 Å². The zero-order chi connectivity index (χ0) is 18.2. The van der Waals surface area contributed by atoms with Gasteiger partial charge in [-0.3, -0.25) is 9.59 Å². The Labute approximate surface area is 151 Å². The Hall–Kier alpha value is -3.00. The Balaban J connectivity index is 1.47. The molecule has 8 heteroatoms. The van der Waals surface area contributed by atoms with Gasteiger partial charge in [-0.15, -0.1) is 0 Å². The van der Waals surface area contributed by atoms with Crippen LogP contribution in [-0.4, -0.2) is 61.2 Å². The smallest absolute Gasteiger partial charge is 0.270 e. The highest BCUT2D eigenvalue weighted by molar-refractivity contribution is 5.94. The molecule has 26 heavy (non-hydrogen) atoms. The second kappa shape index (κ2) is 8.91. The fraction of sp³-hybridized carbons (Fsp3) is 0.333. The molecule has 2 heterocycles. The number of nitrogens with zero attached hydrogens (tertiary/aromatic N) is 3. The first-order valence-corrected chi connectivity index (χ1v) is 8.50. The van der Waals surface area contributed by atoms with Crippen LogP contribution in [-0.2, 0) is 4.74 Å². The molecule has 0 unspecified atom stereocenters. The predicted molar refractivity (Wildman–Crippen MR) is 96.2 cm³/mol. The molecule has 3 rings (SSSR count). The maximum absolute atomic E-state index is 12.2. The van der Waals surface area contributed by atoms with E-state index < -0.39 is 0 Å². The van der Waals surface area contributed by atoms with Crippen LogP contribution in [0.15, 0.2) is 42.7 Å². The van der Waals surface area contributed by atoms with Crippen LogP contribution in [0.5, 0.6) is 0 Å². The number of carbonyl (C=O) groups is 2. The monoisotopic (exact) mass is 355 g/mol. The van der Waals surface area contributed by atoms with Crippen molar-refractivity contribution in [2.75, 3.05) is 44.3 Å². The quantitative estimate of drug-likeness (QED) is 0.732. The number of morpholine rings is 1. The minimum atomic E-state index is -0.295. The molecule has 0 saturated carbocycles. The van der Waals surface area contributed by atoms with E-state index in [4.69, 9.17) is 4.74 Å². The fourth-order valence-corrected chi connectivity index (χ4v) is 2.57. The number of aromatic nitrogens is 2. The molecule has 2 amide bonds. The van der Waals surface area contributed by atoms with Gasteiger partial charge in [0.2, 0.25) is 0 Å². The Morgan fingerprint density at radius 1 is 1.00 bits per heavy atom. The van der Waals surface area contributed by atoms with Crippen molar-refractivity contribution in [1.82, 2.24) is 20.6 Å². The number of nitrogens with one attached hydrogen (secondary N) is 2. The lowest BCUT2D eigenvalue weighted by molar-refractivity contribution is 0.0925. The highest BCUT2D eigenvalue weighted by atomic mass is 16.5. The van der Waals surface area contributed by atoms with Crippen molar-refractivity contribution in [2.24, 2.45) is 0 Å². The molecule has 1 aromatic heterocycles. The van der Waals surface area contributed by atoms with Gasteiger partial charge in [-0.2, -0.15) is 0 Å². The molecule has 0 radical (unpaired) electrons. The number of carbonyl (C=O) groups excluding carboxylic acids is 2. The van der Waals surface area contributed by atoms with Crippen molar-refractivity contribution in [3.63, 3.8) is 0 Å². The Morgan fingerprint density at radius 3 is 2.42 bits per heavy atom. The summed E-state index contributed by atoms with van der Waals surface area (Å²) >= 11 is 0. The third-order valence-electron chi connectivity index (χ3n) is 3.95. The SMILES string of the molecule is O=C(NCCNC(=O)c1cc(N2CCOCC2)ncn1)c1ccccc1. The molecule has 1 aliphatic heterocycles. The van der Waals surface area contributed by atoms with Crippen LogP contribution in [0.25, 0.3) is 0 Å². The van der Waals surface area contributed by atoms with Crippen LogP contribution in [0.4, 0.5) is 5.82 Å². The summed E-state index contributed by atoms with van der Waals surface area (Å²) in [4.78, 5) is 34.5. The predicted octanol–water partition coefficient (Wildman–Crippen LogP) is 0.473. The van der Waals surface area contributed by atoms with Crippen LogP contribution in [0, 0.1) is 0 Å². The van der Waals surface area contributed by atoms with E-state index in [0.29, 0.717) is 43.4 Å². The van der Waals surface area contributed by atoms with E-state index in [1.165, 1.54) is 6.33 Å². The molecule has 0 bridgehead atoms. The van der Waals surface area contributed by atoms with Gasteiger partial charge in [0.25, 0.3) is 11.8 Å². The summed E-state index contributed by atoms with van der Waals surface area (Å²) in [5.41, 5.74) is 0.889. The van der Waals surface area contributed by atoms with E-state index in [1.807, 2.05) is 6.07 Å². The first kappa shape index (κ1) is 17.8. The average molecular weight is 355 g/mol. The van der Waals surface area contributed by atoms with Crippen molar-refractivity contribution in [3.05, 3.63) is 54.0 Å². The highest BCUT2D eigenvalue weighted by Gasteiger charge is 2.15. The van der Waals surface area contributed by atoms with E-state index in [1.54, 1.807) is 30.3 Å². The minimum absolute atomic E-state index is 0.170. The molecular formula is C18H21N5O3. The van der Waals surface area contributed by atoms with Crippen LogP contribution in [0.1, 0.15) is 20.8 Å². The molecule has 2 N–H and O–H groups in total. The lowest BCUT2D eigenvalue weighted by Crippen LogP contribution is -2.37. The zero-order valence-corrected chi connectivity index (χ0v) is 14.4. The summed E-state index contributed by atoms with van der Waals surface area (Å²) in [6.07, 6.45) is 1.39. The molecule has 1 aliphatic rings. The van der Waals surface area contributed by atoms with Gasteiger partial charge in [0, 0.05) is 37.8 Å². The molecule has 1 aromatic carbocycles. The standard InChI is InChI=1S/C18H21N5O3/c24-17(14-4-2-1-3-5-14)19-6-7-20-18(25)15-12-16(22-13-21-15)23-8-10-26-11-9-23/h1-5,12-13H,6-11H2,(H,19,24)(H,20,25). The summed E-state index contributed by atoms with van der Waals surface area (Å²) in [5, 5.41) is 5.51. The number of ether oxygens (including phenoxy) is 1. The first-order valence-electron chi connectivity index (χ1n) is 8.50. The summed E-state index contributed by atoms with van der Waals surface area (Å²) in [6.45, 7) is 3.42. The highest BCUT2D eigenvalue weighted by Crippen LogP contribution is 2.12. The molecule has 0 atom stereocenters. The van der Waals surface area contributed by atoms with Crippen LogP contribution in [0.3, 0.4) is 0 Å². The van der Waals surface area contributed by atoms with Crippen LogP contribution >= 0.6 is 0 Å². The minimum Gasteiger partial charge on any atom is -0.378 e. The Kier molecular flexibility index (Phi) is 6.10. The van der Waals surface area contributed by atoms with Gasteiger partial charge < -0.3 is 20.3 Å². The third kappa shape index (κ3) is 4.76. The van der Waals surface area contributed by atoms with Crippen LogP contribution < -0.4 is 15.5 Å². The molecule has 0 spiro atoms. The number of hydrogen-bond donors (Lipinski definition) is 2. The topological polar surface area (TPSA) is 96.5 Å². The summed E-state index contributed by atoms with van der Waals surface area (Å²) < 4.78 is 5.32. The average Bonchev–Trinajstić information content (AvgIpc) is 2.72. The van der Waals surface area contributed by atoms with E-state index in [-0.39, 0.29) is 11.8 Å². The Morgan fingerprint density at radius 2 is 1.69 bits per heavy atom. The number of benzene rings is 1. The van der Waals surface area contributed by atoms with Crippen molar-refractivity contribution in [2.45, 2.75) is 0 Å². The van der Waals surface area contributed by atoms with E-state index in [2.05, 4.69) is 25.5 Å². The maximum atomic E-state index is 12.2. The zero-order valence-electron chi connectivity index (χ0n) is 14.4. The third-order valence-corrected chi connectivity index (χ3v) is 3.95. The van der Waals surface area contributed by atoms with Gasteiger partial charge in [0.1, 0.15) is 17.8 Å². The van der Waals surface area contributed by atoms with Gasteiger partial charge in [-0.1, -0.05) is 18.2 Å². The summed E-state index contributed by atoms with van der Waals surface area (Å²) in [6, 6.07) is 10.6. The van der Waals surface area contributed by atoms with Gasteiger partial charge in [-0.25, -0.2) is 9.97 Å². The molecule has 8 nitrogen and oxygen atoms in total. The summed E-state index contributed by atoms with van der Waals surface area (Å²) in [7, 11) is 0. The molecule has 136 valence electrons. The lowest BCUT2D eigenvalue weighted by Gasteiger charge is -2.27. The lowest BCUT2D eigenvalue weighted by atomic mass is 10.2. The second-order valence-electron chi connectivity index (χ2n) is 5.74. The van der Waals surface area contributed by atoms with Crippen molar-refractivity contribution in [3.8, 4) is 0 Å². The number of rotatable bonds is 6.